The average Bonchev–Trinajstić information content (AvgIpc) is 2.92. The molecule has 2 aromatic heterocycles. The van der Waals surface area contributed by atoms with Crippen molar-refractivity contribution in [3.63, 3.8) is 0 Å². The lowest BCUT2D eigenvalue weighted by atomic mass is 10.1. The summed E-state index contributed by atoms with van der Waals surface area (Å²) in [6.07, 6.45) is 1.03. The molecular weight excluding hydrogens is 264 g/mol. The summed E-state index contributed by atoms with van der Waals surface area (Å²) in [7, 11) is 0. The standard InChI is InChI=1S/C17H18N2S/c1-12-10-14-6-3-4-8-16(14)19-17(12)18-13(2)11-15-7-5-9-20-15/h3-10,13H,11H2,1-2H3,(H,18,19). The lowest BCUT2D eigenvalue weighted by molar-refractivity contribution is 0.794. The molecule has 0 saturated heterocycles. The van der Waals surface area contributed by atoms with Crippen molar-refractivity contribution in [3.8, 4) is 0 Å². The zero-order chi connectivity index (χ0) is 13.9. The average molecular weight is 282 g/mol. The molecular formula is C17H18N2S. The molecule has 0 aliphatic heterocycles. The van der Waals surface area contributed by atoms with Crippen LogP contribution in [-0.2, 0) is 6.42 Å². The molecule has 0 bridgehead atoms. The minimum Gasteiger partial charge on any atom is -0.367 e. The molecule has 20 heavy (non-hydrogen) atoms. The number of para-hydroxylation sites is 1. The molecule has 3 heteroatoms. The molecule has 0 aliphatic rings. The lowest BCUT2D eigenvalue weighted by Gasteiger charge is -2.16. The second-order valence-electron chi connectivity index (χ2n) is 5.18. The molecule has 1 aromatic carbocycles. The Labute approximate surface area is 123 Å². The number of hydrogen-bond donors (Lipinski definition) is 1. The Morgan fingerprint density at radius 3 is 2.85 bits per heavy atom. The predicted octanol–water partition coefficient (Wildman–Crippen LogP) is 4.65. The van der Waals surface area contributed by atoms with Gasteiger partial charge in [0.05, 0.1) is 5.52 Å². The van der Waals surface area contributed by atoms with Crippen LogP contribution in [0.5, 0.6) is 0 Å². The second kappa shape index (κ2) is 5.63. The van der Waals surface area contributed by atoms with Gasteiger partial charge in [-0.25, -0.2) is 4.98 Å². The summed E-state index contributed by atoms with van der Waals surface area (Å²) in [6, 6.07) is 15.1. The van der Waals surface area contributed by atoms with Crippen molar-refractivity contribution in [1.82, 2.24) is 4.98 Å². The Morgan fingerprint density at radius 1 is 1.20 bits per heavy atom. The van der Waals surface area contributed by atoms with E-state index < -0.39 is 0 Å². The van der Waals surface area contributed by atoms with E-state index in [9.17, 15) is 0 Å². The number of aromatic nitrogens is 1. The number of fused-ring (bicyclic) bond motifs is 1. The van der Waals surface area contributed by atoms with E-state index in [0.29, 0.717) is 6.04 Å². The van der Waals surface area contributed by atoms with Crippen molar-refractivity contribution in [2.24, 2.45) is 0 Å². The van der Waals surface area contributed by atoms with Crippen LogP contribution in [0.3, 0.4) is 0 Å². The van der Waals surface area contributed by atoms with Crippen molar-refractivity contribution in [2.75, 3.05) is 5.32 Å². The van der Waals surface area contributed by atoms with Crippen molar-refractivity contribution >= 4 is 28.1 Å². The van der Waals surface area contributed by atoms with Crippen LogP contribution in [0.25, 0.3) is 10.9 Å². The summed E-state index contributed by atoms with van der Waals surface area (Å²) in [5.41, 5.74) is 2.24. The highest BCUT2D eigenvalue weighted by Gasteiger charge is 2.08. The molecule has 0 fully saturated rings. The molecule has 2 heterocycles. The number of hydrogen-bond acceptors (Lipinski definition) is 3. The van der Waals surface area contributed by atoms with Gasteiger partial charge in [0, 0.05) is 22.7 Å². The van der Waals surface area contributed by atoms with E-state index in [-0.39, 0.29) is 0 Å². The summed E-state index contributed by atoms with van der Waals surface area (Å²) in [4.78, 5) is 6.14. The molecule has 0 amide bonds. The molecule has 0 aliphatic carbocycles. The first-order valence-electron chi connectivity index (χ1n) is 6.87. The largest absolute Gasteiger partial charge is 0.367 e. The summed E-state index contributed by atoms with van der Waals surface area (Å²) in [6.45, 7) is 4.32. The molecule has 1 unspecified atom stereocenters. The van der Waals surface area contributed by atoms with Gasteiger partial charge in [0.15, 0.2) is 0 Å². The summed E-state index contributed by atoms with van der Waals surface area (Å²) >= 11 is 1.81. The van der Waals surface area contributed by atoms with Crippen molar-refractivity contribution in [1.29, 1.82) is 0 Å². The zero-order valence-corrected chi connectivity index (χ0v) is 12.6. The van der Waals surface area contributed by atoms with Gasteiger partial charge in [-0.05, 0) is 43.0 Å². The van der Waals surface area contributed by atoms with E-state index in [2.05, 4.69) is 60.9 Å². The van der Waals surface area contributed by atoms with Gasteiger partial charge in [0.1, 0.15) is 5.82 Å². The van der Waals surface area contributed by atoms with Gasteiger partial charge in [-0.15, -0.1) is 11.3 Å². The van der Waals surface area contributed by atoms with Crippen LogP contribution in [0.2, 0.25) is 0 Å². The first kappa shape index (κ1) is 13.1. The molecule has 0 saturated carbocycles. The minimum atomic E-state index is 0.376. The molecule has 2 nitrogen and oxygen atoms in total. The number of pyridine rings is 1. The second-order valence-corrected chi connectivity index (χ2v) is 6.21. The molecule has 0 spiro atoms. The fourth-order valence-corrected chi connectivity index (χ4v) is 3.22. The normalized spacial score (nSPS) is 12.5. The number of rotatable bonds is 4. The van der Waals surface area contributed by atoms with Crippen molar-refractivity contribution < 1.29 is 0 Å². The van der Waals surface area contributed by atoms with Gasteiger partial charge in [-0.2, -0.15) is 0 Å². The highest BCUT2D eigenvalue weighted by Crippen LogP contribution is 2.21. The monoisotopic (exact) mass is 282 g/mol. The first-order chi connectivity index (χ1) is 9.72. The van der Waals surface area contributed by atoms with Crippen LogP contribution < -0.4 is 5.32 Å². The number of nitrogens with one attached hydrogen (secondary N) is 1. The Hall–Kier alpha value is -1.87. The third-order valence-corrected chi connectivity index (χ3v) is 4.28. The lowest BCUT2D eigenvalue weighted by Crippen LogP contribution is -2.19. The highest BCUT2D eigenvalue weighted by molar-refractivity contribution is 7.09. The van der Waals surface area contributed by atoms with Gasteiger partial charge in [0.2, 0.25) is 0 Å². The SMILES string of the molecule is Cc1cc2ccccc2nc1NC(C)Cc1cccs1. The van der Waals surface area contributed by atoms with Gasteiger partial charge in [-0.1, -0.05) is 24.3 Å². The highest BCUT2D eigenvalue weighted by atomic mass is 32.1. The van der Waals surface area contributed by atoms with Gasteiger partial charge in [0.25, 0.3) is 0 Å². The Kier molecular flexibility index (Phi) is 3.70. The predicted molar refractivity (Wildman–Crippen MR) is 87.6 cm³/mol. The third-order valence-electron chi connectivity index (χ3n) is 3.39. The number of nitrogens with zero attached hydrogens (tertiary/aromatic N) is 1. The maximum Gasteiger partial charge on any atom is 0.129 e. The van der Waals surface area contributed by atoms with Crippen LogP contribution in [0, 0.1) is 6.92 Å². The Morgan fingerprint density at radius 2 is 2.05 bits per heavy atom. The summed E-state index contributed by atoms with van der Waals surface area (Å²) < 4.78 is 0. The molecule has 3 aromatic rings. The van der Waals surface area contributed by atoms with Crippen LogP contribution in [0.1, 0.15) is 17.4 Å². The van der Waals surface area contributed by atoms with Gasteiger partial charge in [-0.3, -0.25) is 0 Å². The van der Waals surface area contributed by atoms with Crippen LogP contribution in [0.15, 0.2) is 47.8 Å². The number of aryl methyl sites for hydroxylation is 1. The van der Waals surface area contributed by atoms with Crippen LogP contribution in [-0.4, -0.2) is 11.0 Å². The number of benzene rings is 1. The number of thiophene rings is 1. The van der Waals surface area contributed by atoms with Crippen molar-refractivity contribution in [2.45, 2.75) is 26.3 Å². The van der Waals surface area contributed by atoms with Crippen LogP contribution >= 0.6 is 11.3 Å². The molecule has 0 radical (unpaired) electrons. The number of anilines is 1. The quantitative estimate of drug-likeness (QED) is 0.753. The van der Waals surface area contributed by atoms with E-state index in [1.54, 1.807) is 0 Å². The van der Waals surface area contributed by atoms with Crippen LogP contribution in [0.4, 0.5) is 5.82 Å². The smallest absolute Gasteiger partial charge is 0.129 e. The van der Waals surface area contributed by atoms with Gasteiger partial charge >= 0.3 is 0 Å². The maximum absolute atomic E-state index is 4.74. The molecule has 102 valence electrons. The van der Waals surface area contributed by atoms with E-state index in [1.807, 2.05) is 17.4 Å². The van der Waals surface area contributed by atoms with Crippen molar-refractivity contribution in [3.05, 3.63) is 58.3 Å². The zero-order valence-electron chi connectivity index (χ0n) is 11.8. The first-order valence-corrected chi connectivity index (χ1v) is 7.75. The van der Waals surface area contributed by atoms with E-state index in [1.165, 1.54) is 15.8 Å². The van der Waals surface area contributed by atoms with E-state index >= 15 is 0 Å². The fraction of sp³-hybridized carbons (Fsp3) is 0.235. The Bertz CT molecular complexity index is 704. The molecule has 3 rings (SSSR count). The molecule has 1 atom stereocenters. The van der Waals surface area contributed by atoms with Gasteiger partial charge < -0.3 is 5.32 Å². The molecule has 1 N–H and O–H groups in total. The maximum atomic E-state index is 4.74. The summed E-state index contributed by atoms with van der Waals surface area (Å²) in [5.74, 6) is 0.993. The topological polar surface area (TPSA) is 24.9 Å². The van der Waals surface area contributed by atoms with E-state index in [4.69, 9.17) is 4.98 Å². The summed E-state index contributed by atoms with van der Waals surface area (Å²) in [5, 5.41) is 6.86. The fourth-order valence-electron chi connectivity index (χ4n) is 2.38. The third kappa shape index (κ3) is 2.83. The minimum absolute atomic E-state index is 0.376. The van der Waals surface area contributed by atoms with E-state index in [0.717, 1.165) is 17.8 Å². The Balaban J connectivity index is 1.81.